The summed E-state index contributed by atoms with van der Waals surface area (Å²) in [5.74, 6) is 1.27. The van der Waals surface area contributed by atoms with E-state index in [-0.39, 0.29) is 11.4 Å². The molecule has 1 aromatic carbocycles. The third kappa shape index (κ3) is 10.9. The van der Waals surface area contributed by atoms with Gasteiger partial charge in [0.15, 0.2) is 5.96 Å². The van der Waals surface area contributed by atoms with Crippen LogP contribution in [0.15, 0.2) is 29.3 Å². The van der Waals surface area contributed by atoms with Gasteiger partial charge >= 0.3 is 0 Å². The highest BCUT2D eigenvalue weighted by Gasteiger charge is 2.15. The molecule has 0 saturated carbocycles. The highest BCUT2D eigenvalue weighted by molar-refractivity contribution is 5.94. The van der Waals surface area contributed by atoms with E-state index in [1.165, 1.54) is 0 Å². The van der Waals surface area contributed by atoms with Crippen LogP contribution in [0.5, 0.6) is 0 Å². The molecule has 3 N–H and O–H groups in total. The lowest BCUT2D eigenvalue weighted by molar-refractivity contribution is 0.0919. The summed E-state index contributed by atoms with van der Waals surface area (Å²) in [6.07, 6.45) is 0.930. The fourth-order valence-corrected chi connectivity index (χ4v) is 2.44. The fraction of sp³-hybridized carbons (Fsp3) is 0.636. The van der Waals surface area contributed by atoms with Crippen LogP contribution >= 0.6 is 0 Å². The number of rotatable bonds is 10. The molecule has 0 aromatic heterocycles. The molecule has 0 fully saturated rings. The molecule has 6 nitrogen and oxygen atoms in total. The lowest BCUT2D eigenvalue weighted by Gasteiger charge is -2.20. The summed E-state index contributed by atoms with van der Waals surface area (Å²) < 4.78 is 5.60. The van der Waals surface area contributed by atoms with Gasteiger partial charge in [0.1, 0.15) is 0 Å². The first kappa shape index (κ1) is 24.0. The van der Waals surface area contributed by atoms with Crippen LogP contribution in [0.2, 0.25) is 0 Å². The van der Waals surface area contributed by atoms with E-state index < -0.39 is 0 Å². The van der Waals surface area contributed by atoms with Gasteiger partial charge in [-0.25, -0.2) is 4.99 Å². The minimum atomic E-state index is -0.258. The van der Waals surface area contributed by atoms with Gasteiger partial charge in [-0.05, 0) is 57.7 Å². The molecule has 0 atom stereocenters. The first-order chi connectivity index (χ1) is 13.2. The van der Waals surface area contributed by atoms with Crippen LogP contribution in [-0.2, 0) is 11.3 Å². The molecule has 28 heavy (non-hydrogen) atoms. The Balaban J connectivity index is 2.57. The first-order valence-corrected chi connectivity index (χ1v) is 10.2. The van der Waals surface area contributed by atoms with Crippen molar-refractivity contribution in [3.63, 3.8) is 0 Å². The molecule has 0 heterocycles. The van der Waals surface area contributed by atoms with Crippen LogP contribution in [0.1, 0.15) is 63.9 Å². The van der Waals surface area contributed by atoms with Gasteiger partial charge in [-0.2, -0.15) is 0 Å². The van der Waals surface area contributed by atoms with Crippen LogP contribution in [-0.4, -0.2) is 43.7 Å². The summed E-state index contributed by atoms with van der Waals surface area (Å²) in [5.41, 5.74) is 1.40. The number of hydrogen-bond donors (Lipinski definition) is 3. The maximum Gasteiger partial charge on any atom is 0.251 e. The van der Waals surface area contributed by atoms with Crippen LogP contribution in [0, 0.1) is 5.92 Å². The maximum atomic E-state index is 12.3. The van der Waals surface area contributed by atoms with Crippen molar-refractivity contribution in [2.75, 3.05) is 26.3 Å². The molecule has 158 valence electrons. The quantitative estimate of drug-likeness (QED) is 0.325. The van der Waals surface area contributed by atoms with Crippen molar-refractivity contribution >= 4 is 11.9 Å². The normalized spacial score (nSPS) is 12.2. The minimum Gasteiger partial charge on any atom is -0.381 e. The maximum absolute atomic E-state index is 12.3. The fourth-order valence-electron chi connectivity index (χ4n) is 2.44. The molecule has 1 aromatic rings. The number of ether oxygens (including phenoxy) is 1. The van der Waals surface area contributed by atoms with Crippen molar-refractivity contribution in [2.45, 2.75) is 60.0 Å². The lowest BCUT2D eigenvalue weighted by atomic mass is 10.1. The zero-order valence-electron chi connectivity index (χ0n) is 18.4. The molecule has 0 aliphatic heterocycles. The molecule has 6 heteroatoms. The zero-order chi connectivity index (χ0) is 21.0. The molecule has 0 radical (unpaired) electrons. The molecular weight excluding hydrogens is 352 g/mol. The Kier molecular flexibility index (Phi) is 10.6. The van der Waals surface area contributed by atoms with Crippen LogP contribution in [0.3, 0.4) is 0 Å². The van der Waals surface area contributed by atoms with Gasteiger partial charge in [0.05, 0.1) is 6.54 Å². The monoisotopic (exact) mass is 390 g/mol. The number of hydrogen-bond acceptors (Lipinski definition) is 3. The van der Waals surface area contributed by atoms with Crippen LogP contribution in [0.25, 0.3) is 0 Å². The summed E-state index contributed by atoms with van der Waals surface area (Å²) in [5, 5.41) is 9.56. The van der Waals surface area contributed by atoms with Gasteiger partial charge in [0.2, 0.25) is 0 Å². The van der Waals surface area contributed by atoms with Gasteiger partial charge in [-0.15, -0.1) is 0 Å². The zero-order valence-corrected chi connectivity index (χ0v) is 18.4. The van der Waals surface area contributed by atoms with Gasteiger partial charge in [0, 0.05) is 37.4 Å². The molecule has 1 amide bonds. The Labute approximate surface area is 170 Å². The Morgan fingerprint density at radius 3 is 2.61 bits per heavy atom. The van der Waals surface area contributed by atoms with E-state index in [2.05, 4.69) is 34.8 Å². The van der Waals surface area contributed by atoms with Crippen LogP contribution < -0.4 is 16.0 Å². The summed E-state index contributed by atoms with van der Waals surface area (Å²) >= 11 is 0. The van der Waals surface area contributed by atoms with E-state index in [4.69, 9.17) is 4.74 Å². The smallest absolute Gasteiger partial charge is 0.251 e. The summed E-state index contributed by atoms with van der Waals surface area (Å²) in [6.45, 7) is 15.9. The van der Waals surface area contributed by atoms with Crippen molar-refractivity contribution in [1.82, 2.24) is 16.0 Å². The Hall–Kier alpha value is -2.08. The van der Waals surface area contributed by atoms with Gasteiger partial charge in [0.25, 0.3) is 5.91 Å². The van der Waals surface area contributed by atoms with Gasteiger partial charge in [-0.3, -0.25) is 4.79 Å². The highest BCUT2D eigenvalue weighted by Crippen LogP contribution is 2.09. The van der Waals surface area contributed by atoms with E-state index in [0.717, 1.165) is 44.2 Å². The molecule has 0 unspecified atom stereocenters. The Morgan fingerprint density at radius 1 is 1.21 bits per heavy atom. The number of nitrogens with zero attached hydrogens (tertiary/aromatic N) is 1. The standard InChI is InChI=1S/C22H38N4O2/c1-7-23-21(24-12-9-13-28-16-17(2)3)25-15-18-10-8-11-19(14-18)20(27)26-22(4,5)6/h8,10-11,14,17H,7,9,12-13,15-16H2,1-6H3,(H,26,27)(H2,23,24,25). The topological polar surface area (TPSA) is 74.8 Å². The van der Waals surface area contributed by atoms with Crippen molar-refractivity contribution < 1.29 is 9.53 Å². The molecule has 0 spiro atoms. The number of carbonyl (C=O) groups is 1. The summed E-state index contributed by atoms with van der Waals surface area (Å²) in [4.78, 5) is 17.0. The van der Waals surface area contributed by atoms with Crippen molar-refractivity contribution in [3.05, 3.63) is 35.4 Å². The van der Waals surface area contributed by atoms with Crippen molar-refractivity contribution in [1.29, 1.82) is 0 Å². The van der Waals surface area contributed by atoms with Crippen molar-refractivity contribution in [3.8, 4) is 0 Å². The summed E-state index contributed by atoms with van der Waals surface area (Å²) in [7, 11) is 0. The number of benzene rings is 1. The van der Waals surface area contributed by atoms with E-state index in [1.807, 2.05) is 52.0 Å². The van der Waals surface area contributed by atoms with E-state index in [1.54, 1.807) is 0 Å². The molecule has 0 aliphatic rings. The average Bonchev–Trinajstić information content (AvgIpc) is 2.61. The summed E-state index contributed by atoms with van der Waals surface area (Å²) in [6, 6.07) is 7.61. The second-order valence-corrected chi connectivity index (χ2v) is 8.35. The lowest BCUT2D eigenvalue weighted by Crippen LogP contribution is -2.40. The first-order valence-electron chi connectivity index (χ1n) is 10.2. The molecule has 0 aliphatic carbocycles. The second kappa shape index (κ2) is 12.4. The van der Waals surface area contributed by atoms with E-state index in [9.17, 15) is 4.79 Å². The van der Waals surface area contributed by atoms with E-state index >= 15 is 0 Å². The number of nitrogens with one attached hydrogen (secondary N) is 3. The second-order valence-electron chi connectivity index (χ2n) is 8.35. The highest BCUT2D eigenvalue weighted by atomic mass is 16.5. The van der Waals surface area contributed by atoms with E-state index in [0.29, 0.717) is 18.0 Å². The number of aliphatic imine (C=N–C) groups is 1. The average molecular weight is 391 g/mol. The predicted molar refractivity (Wildman–Crippen MR) is 117 cm³/mol. The minimum absolute atomic E-state index is 0.0650. The largest absolute Gasteiger partial charge is 0.381 e. The number of amides is 1. The Morgan fingerprint density at radius 2 is 1.96 bits per heavy atom. The SMILES string of the molecule is CCNC(=NCc1cccc(C(=O)NC(C)(C)C)c1)NCCCOCC(C)C. The third-order valence-electron chi connectivity index (χ3n) is 3.65. The number of guanidine groups is 1. The molecule has 1 rings (SSSR count). The third-order valence-corrected chi connectivity index (χ3v) is 3.65. The Bertz CT molecular complexity index is 621. The molecule has 0 bridgehead atoms. The molecular formula is C22H38N4O2. The number of carbonyl (C=O) groups excluding carboxylic acids is 1. The predicted octanol–water partition coefficient (Wildman–Crippen LogP) is 3.33. The molecule has 0 saturated heterocycles. The van der Waals surface area contributed by atoms with Gasteiger partial charge < -0.3 is 20.7 Å². The van der Waals surface area contributed by atoms with Crippen molar-refractivity contribution in [2.24, 2.45) is 10.9 Å². The van der Waals surface area contributed by atoms with Gasteiger partial charge in [-0.1, -0.05) is 26.0 Å². The van der Waals surface area contributed by atoms with Crippen LogP contribution in [0.4, 0.5) is 0 Å².